The van der Waals surface area contributed by atoms with Crippen LogP contribution in [0.3, 0.4) is 0 Å². The van der Waals surface area contributed by atoms with Gasteiger partial charge in [0.2, 0.25) is 0 Å². The van der Waals surface area contributed by atoms with Crippen LogP contribution in [0.1, 0.15) is 34.3 Å². The molecule has 0 radical (unpaired) electrons. The summed E-state index contributed by atoms with van der Waals surface area (Å²) in [7, 11) is 0. The number of aromatic carboxylic acids is 1. The zero-order chi connectivity index (χ0) is 13.3. The molecule has 0 amide bonds. The van der Waals surface area contributed by atoms with Crippen LogP contribution >= 0.6 is 11.3 Å². The van der Waals surface area contributed by atoms with Crippen molar-refractivity contribution in [3.63, 3.8) is 0 Å². The van der Waals surface area contributed by atoms with E-state index in [1.54, 1.807) is 6.07 Å². The van der Waals surface area contributed by atoms with Crippen molar-refractivity contribution in [2.75, 3.05) is 0 Å². The zero-order valence-corrected chi connectivity index (χ0v) is 11.5. The molecule has 5 heteroatoms. The molecule has 2 aromatic heterocycles. The van der Waals surface area contributed by atoms with Crippen LogP contribution in [-0.4, -0.2) is 20.9 Å². The number of aryl methyl sites for hydroxylation is 2. The van der Waals surface area contributed by atoms with Crippen molar-refractivity contribution in [2.45, 2.75) is 33.7 Å². The number of aromatic nitrogens is 2. The fraction of sp³-hybridized carbons (Fsp3) is 0.385. The largest absolute Gasteiger partial charge is 0.477 e. The molecule has 0 unspecified atom stereocenters. The van der Waals surface area contributed by atoms with E-state index in [-0.39, 0.29) is 0 Å². The number of nitrogens with zero attached hydrogens (tertiary/aromatic N) is 2. The first-order valence-corrected chi connectivity index (χ1v) is 6.72. The first kappa shape index (κ1) is 12.8. The van der Waals surface area contributed by atoms with Crippen molar-refractivity contribution in [3.8, 4) is 10.4 Å². The summed E-state index contributed by atoms with van der Waals surface area (Å²) >= 11 is 1.31. The third-order valence-corrected chi connectivity index (χ3v) is 4.17. The number of thiophene rings is 1. The van der Waals surface area contributed by atoms with Crippen LogP contribution in [0.4, 0.5) is 0 Å². The molecule has 4 nitrogen and oxygen atoms in total. The number of rotatable bonds is 4. The molecule has 0 aliphatic heterocycles. The summed E-state index contributed by atoms with van der Waals surface area (Å²) in [4.78, 5) is 12.4. The van der Waals surface area contributed by atoms with Crippen molar-refractivity contribution in [1.82, 2.24) is 9.78 Å². The minimum atomic E-state index is -0.868. The SMILES string of the molecule is CCCn1ncc(-c2sc(C(=O)O)cc2C)c1C. The lowest BCUT2D eigenvalue weighted by molar-refractivity contribution is 0.0702. The number of carboxylic acid groups (broad SMARTS) is 1. The second-order valence-electron chi connectivity index (χ2n) is 4.29. The molecule has 0 fully saturated rings. The van der Waals surface area contributed by atoms with Crippen molar-refractivity contribution in [3.05, 3.63) is 28.4 Å². The van der Waals surface area contributed by atoms with Gasteiger partial charge in [0.05, 0.1) is 6.20 Å². The van der Waals surface area contributed by atoms with E-state index in [1.807, 2.05) is 24.7 Å². The molecule has 0 aliphatic rings. The first-order chi connectivity index (χ1) is 8.54. The monoisotopic (exact) mass is 264 g/mol. The third kappa shape index (κ3) is 2.18. The Morgan fingerprint density at radius 3 is 2.78 bits per heavy atom. The number of hydrogen-bond donors (Lipinski definition) is 1. The molecule has 0 atom stereocenters. The Balaban J connectivity index is 2.45. The van der Waals surface area contributed by atoms with E-state index in [9.17, 15) is 4.79 Å². The van der Waals surface area contributed by atoms with Gasteiger partial charge in [-0.2, -0.15) is 5.10 Å². The molecule has 1 N–H and O–H groups in total. The lowest BCUT2D eigenvalue weighted by atomic mass is 10.1. The molecule has 0 aromatic carbocycles. The second kappa shape index (κ2) is 4.94. The van der Waals surface area contributed by atoms with Crippen molar-refractivity contribution >= 4 is 17.3 Å². The summed E-state index contributed by atoms with van der Waals surface area (Å²) in [5.41, 5.74) is 3.13. The van der Waals surface area contributed by atoms with Gasteiger partial charge in [-0.25, -0.2) is 4.79 Å². The van der Waals surface area contributed by atoms with Crippen LogP contribution in [0.25, 0.3) is 10.4 Å². The van der Waals surface area contributed by atoms with Crippen LogP contribution < -0.4 is 0 Å². The van der Waals surface area contributed by atoms with Gasteiger partial charge in [0, 0.05) is 22.7 Å². The van der Waals surface area contributed by atoms with Gasteiger partial charge in [-0.3, -0.25) is 4.68 Å². The quantitative estimate of drug-likeness (QED) is 0.921. The van der Waals surface area contributed by atoms with Crippen molar-refractivity contribution in [1.29, 1.82) is 0 Å². The smallest absolute Gasteiger partial charge is 0.345 e. The van der Waals surface area contributed by atoms with Crippen molar-refractivity contribution in [2.24, 2.45) is 0 Å². The van der Waals surface area contributed by atoms with Crippen molar-refractivity contribution < 1.29 is 9.90 Å². The minimum Gasteiger partial charge on any atom is -0.477 e. The fourth-order valence-electron chi connectivity index (χ4n) is 1.96. The predicted octanol–water partition coefficient (Wildman–Crippen LogP) is 3.34. The maximum absolute atomic E-state index is 11.0. The van der Waals surface area contributed by atoms with E-state index in [4.69, 9.17) is 5.11 Å². The average molecular weight is 264 g/mol. The van der Waals surface area contributed by atoms with E-state index in [1.165, 1.54) is 11.3 Å². The number of carboxylic acids is 1. The molecule has 2 aromatic rings. The highest BCUT2D eigenvalue weighted by atomic mass is 32.1. The van der Waals surface area contributed by atoms with Crippen LogP contribution in [0.5, 0.6) is 0 Å². The van der Waals surface area contributed by atoms with Gasteiger partial charge in [-0.15, -0.1) is 11.3 Å². The first-order valence-electron chi connectivity index (χ1n) is 5.91. The van der Waals surface area contributed by atoms with Gasteiger partial charge >= 0.3 is 5.97 Å². The minimum absolute atomic E-state index is 0.380. The number of hydrogen-bond acceptors (Lipinski definition) is 3. The molecule has 0 spiro atoms. The summed E-state index contributed by atoms with van der Waals surface area (Å²) in [5, 5.41) is 13.4. The molecule has 0 saturated heterocycles. The van der Waals surface area contributed by atoms with E-state index < -0.39 is 5.97 Å². The van der Waals surface area contributed by atoms with Crippen LogP contribution in [-0.2, 0) is 6.54 Å². The average Bonchev–Trinajstić information content (AvgIpc) is 2.85. The predicted molar refractivity (Wildman–Crippen MR) is 72.3 cm³/mol. The Labute approximate surface area is 110 Å². The summed E-state index contributed by atoms with van der Waals surface area (Å²) < 4.78 is 1.97. The van der Waals surface area contributed by atoms with E-state index in [0.29, 0.717) is 4.88 Å². The molecular weight excluding hydrogens is 248 g/mol. The van der Waals surface area contributed by atoms with Gasteiger partial charge in [0.15, 0.2) is 0 Å². The highest BCUT2D eigenvalue weighted by Crippen LogP contribution is 2.34. The summed E-state index contributed by atoms with van der Waals surface area (Å²) in [6.07, 6.45) is 2.86. The molecule has 2 rings (SSSR count). The standard InChI is InChI=1S/C13H16N2O2S/c1-4-5-15-9(3)10(7-14-15)12-8(2)6-11(18-12)13(16)17/h6-7H,4-5H2,1-3H3,(H,16,17). The molecule has 2 heterocycles. The Morgan fingerprint density at radius 2 is 2.22 bits per heavy atom. The lowest BCUT2D eigenvalue weighted by Crippen LogP contribution is -2.00. The van der Waals surface area contributed by atoms with E-state index >= 15 is 0 Å². The summed E-state index contributed by atoms with van der Waals surface area (Å²) in [6.45, 7) is 6.97. The Kier molecular flexibility index (Phi) is 3.52. The molecule has 0 aliphatic carbocycles. The molecule has 18 heavy (non-hydrogen) atoms. The van der Waals surface area contributed by atoms with E-state index in [0.717, 1.165) is 34.7 Å². The highest BCUT2D eigenvalue weighted by Gasteiger charge is 2.16. The second-order valence-corrected chi connectivity index (χ2v) is 5.35. The molecule has 96 valence electrons. The molecule has 0 bridgehead atoms. The zero-order valence-electron chi connectivity index (χ0n) is 10.7. The summed E-state index contributed by atoms with van der Waals surface area (Å²) in [6, 6.07) is 1.72. The van der Waals surface area contributed by atoms with E-state index in [2.05, 4.69) is 12.0 Å². The van der Waals surface area contributed by atoms with Gasteiger partial charge in [0.25, 0.3) is 0 Å². The number of carbonyl (C=O) groups is 1. The summed E-state index contributed by atoms with van der Waals surface area (Å²) in [5.74, 6) is -0.868. The van der Waals surface area contributed by atoms with Gasteiger partial charge in [-0.1, -0.05) is 6.92 Å². The van der Waals surface area contributed by atoms with Crippen LogP contribution in [0.2, 0.25) is 0 Å². The fourth-order valence-corrected chi connectivity index (χ4v) is 3.03. The van der Waals surface area contributed by atoms with Crippen LogP contribution in [0.15, 0.2) is 12.3 Å². The highest BCUT2D eigenvalue weighted by molar-refractivity contribution is 7.17. The van der Waals surface area contributed by atoms with Gasteiger partial charge in [-0.05, 0) is 31.9 Å². The van der Waals surface area contributed by atoms with Gasteiger partial charge < -0.3 is 5.11 Å². The maximum Gasteiger partial charge on any atom is 0.345 e. The third-order valence-electron chi connectivity index (χ3n) is 2.91. The lowest BCUT2D eigenvalue weighted by Gasteiger charge is -2.03. The molecule has 0 saturated carbocycles. The normalized spacial score (nSPS) is 10.8. The topological polar surface area (TPSA) is 55.1 Å². The Morgan fingerprint density at radius 1 is 1.50 bits per heavy atom. The van der Waals surface area contributed by atoms with Crippen LogP contribution in [0, 0.1) is 13.8 Å². The van der Waals surface area contributed by atoms with Gasteiger partial charge in [0.1, 0.15) is 4.88 Å². The Bertz CT molecular complexity index is 584. The maximum atomic E-state index is 11.0. The molecular formula is C13H16N2O2S. The Hall–Kier alpha value is -1.62.